The number of benzene rings is 1. The van der Waals surface area contributed by atoms with Crippen molar-refractivity contribution in [2.45, 2.75) is 120 Å². The summed E-state index contributed by atoms with van der Waals surface area (Å²) in [6, 6.07) is 4.77. The van der Waals surface area contributed by atoms with Crippen molar-refractivity contribution < 1.29 is 41.8 Å². The van der Waals surface area contributed by atoms with Crippen LogP contribution in [0.1, 0.15) is 103 Å². The van der Waals surface area contributed by atoms with E-state index in [2.05, 4.69) is 42.4 Å². The third-order valence-corrected chi connectivity index (χ3v) is 14.2. The lowest BCUT2D eigenvalue weighted by atomic mass is 9.77. The largest absolute Gasteiger partial charge is 0.496 e. The molecule has 3 aliphatic carbocycles. The molecule has 4 bridgehead atoms. The fraction of sp³-hybridized carbons (Fsp3) is 0.634. The number of nitrogens with one attached hydrogen (secondary N) is 2. The van der Waals surface area contributed by atoms with E-state index in [1.54, 1.807) is 13.3 Å². The van der Waals surface area contributed by atoms with E-state index in [4.69, 9.17) is 14.2 Å². The van der Waals surface area contributed by atoms with Crippen LogP contribution in [0.4, 0.5) is 0 Å². The number of ether oxygens (including phenoxy) is 3. The van der Waals surface area contributed by atoms with Gasteiger partial charge in [-0.25, -0.2) is 13.4 Å². The Kier molecular flexibility index (Phi) is 10.7. The number of aromatic nitrogens is 1. The SMILES string of the molecule is C=C[C@@H]1C[C@]1(NC(=O)[C@@H]1C[C@@H]2CN1C(=O)[C@H](C1CCCCC1)CC(=O)OCC(C)(C)CC(C)c1cc3c(nccc3cc1OC)O2)C(=O)NS(=O)(=O)C1CC1. The van der Waals surface area contributed by atoms with E-state index >= 15 is 0 Å². The van der Waals surface area contributed by atoms with Crippen LogP contribution in [-0.2, 0) is 33.9 Å². The summed E-state index contributed by atoms with van der Waals surface area (Å²) < 4.78 is 46.1. The molecule has 13 nitrogen and oxygen atoms in total. The molecule has 1 saturated heterocycles. The molecule has 3 amide bonds. The van der Waals surface area contributed by atoms with E-state index in [9.17, 15) is 27.6 Å². The summed E-state index contributed by atoms with van der Waals surface area (Å²) in [7, 11) is -2.25. The monoisotopic (exact) mass is 778 g/mol. The first kappa shape index (κ1) is 39.1. The van der Waals surface area contributed by atoms with Gasteiger partial charge < -0.3 is 24.4 Å². The molecule has 55 heavy (non-hydrogen) atoms. The average molecular weight is 779 g/mol. The van der Waals surface area contributed by atoms with Gasteiger partial charge in [-0.3, -0.25) is 23.9 Å². The lowest BCUT2D eigenvalue weighted by Crippen LogP contribution is -2.57. The molecule has 2 aromatic rings. The second-order valence-corrected chi connectivity index (χ2v) is 19.2. The molecule has 3 heterocycles. The van der Waals surface area contributed by atoms with E-state index in [1.165, 1.54) is 11.0 Å². The lowest BCUT2D eigenvalue weighted by Gasteiger charge is -2.34. The van der Waals surface area contributed by atoms with Gasteiger partial charge in [0.25, 0.3) is 5.91 Å². The molecule has 5 aliphatic rings. The first-order chi connectivity index (χ1) is 26.1. The zero-order valence-electron chi connectivity index (χ0n) is 32.3. The molecule has 4 fully saturated rings. The molecule has 0 radical (unpaired) electrons. The Morgan fingerprint density at radius 1 is 1.09 bits per heavy atom. The Morgan fingerprint density at radius 3 is 2.51 bits per heavy atom. The highest BCUT2D eigenvalue weighted by Crippen LogP contribution is 2.46. The number of hydrogen-bond donors (Lipinski definition) is 2. The van der Waals surface area contributed by atoms with Crippen LogP contribution < -0.4 is 19.5 Å². The minimum atomic E-state index is -3.89. The third-order valence-electron chi connectivity index (χ3n) is 12.4. The molecule has 14 heteroatoms. The number of methoxy groups -OCH3 is 1. The van der Waals surface area contributed by atoms with E-state index in [-0.39, 0.29) is 50.2 Å². The van der Waals surface area contributed by atoms with Crippen molar-refractivity contribution in [1.29, 1.82) is 0 Å². The Labute approximate surface area is 323 Å². The molecule has 298 valence electrons. The summed E-state index contributed by atoms with van der Waals surface area (Å²) in [4.78, 5) is 62.7. The van der Waals surface area contributed by atoms with Crippen molar-refractivity contribution in [3.8, 4) is 11.6 Å². The van der Waals surface area contributed by atoms with Gasteiger partial charge in [0.1, 0.15) is 23.4 Å². The summed E-state index contributed by atoms with van der Waals surface area (Å²) in [5, 5.41) is 3.84. The first-order valence-electron chi connectivity index (χ1n) is 19.7. The Bertz CT molecular complexity index is 1970. The summed E-state index contributed by atoms with van der Waals surface area (Å²) >= 11 is 0. The summed E-state index contributed by atoms with van der Waals surface area (Å²) in [5.41, 5.74) is -0.979. The maximum absolute atomic E-state index is 14.9. The highest BCUT2D eigenvalue weighted by molar-refractivity contribution is 7.91. The number of hydrogen-bond acceptors (Lipinski definition) is 10. The highest BCUT2D eigenvalue weighted by Gasteiger charge is 2.62. The first-order valence-corrected chi connectivity index (χ1v) is 21.3. The number of pyridine rings is 1. The van der Waals surface area contributed by atoms with Crippen molar-refractivity contribution in [3.63, 3.8) is 0 Å². The second kappa shape index (κ2) is 15.0. The molecular formula is C41H54N4O9S. The van der Waals surface area contributed by atoms with E-state index in [0.717, 1.165) is 48.4 Å². The molecular weight excluding hydrogens is 725 g/mol. The standard InChI is InChI=1S/C41H54N4O9S/c1-6-27-21-41(27,39(49)44-55(50,51)29-12-13-29)43-36(47)33-17-28-22-45(33)38(48)32(25-10-8-7-9-11-25)19-35(46)53-23-40(3,4)20-24(2)30-18-31-26(16-34(30)52-5)14-15-42-37(31)54-28/h6,14-16,18,24-25,27-29,32-33H,1,7-13,17,19-23H2,2-5H3,(H,43,47)(H,44,49)/t24?,27-,28-,32+,33+,41-/m1/s1. The predicted molar refractivity (Wildman–Crippen MR) is 205 cm³/mol. The molecule has 1 aromatic carbocycles. The number of fused-ring (bicyclic) bond motifs is 3. The van der Waals surface area contributed by atoms with Gasteiger partial charge in [0.05, 0.1) is 37.9 Å². The second-order valence-electron chi connectivity index (χ2n) is 17.2. The van der Waals surface area contributed by atoms with Crippen LogP contribution in [-0.4, -0.2) is 85.2 Å². The maximum Gasteiger partial charge on any atom is 0.306 e. The number of carbonyl (C=O) groups excluding carboxylic acids is 4. The number of sulfonamides is 1. The molecule has 2 aliphatic heterocycles. The zero-order chi connectivity index (χ0) is 39.3. The zero-order valence-corrected chi connectivity index (χ0v) is 33.1. The van der Waals surface area contributed by atoms with Gasteiger partial charge >= 0.3 is 5.97 Å². The molecule has 0 spiro atoms. The van der Waals surface area contributed by atoms with Crippen LogP contribution >= 0.6 is 0 Å². The lowest BCUT2D eigenvalue weighted by molar-refractivity contribution is -0.154. The van der Waals surface area contributed by atoms with Gasteiger partial charge in [-0.1, -0.05) is 46.1 Å². The third kappa shape index (κ3) is 8.06. The normalized spacial score (nSPS) is 30.2. The number of cyclic esters (lactones) is 1. The molecule has 1 unspecified atom stereocenters. The molecule has 1 aromatic heterocycles. The van der Waals surface area contributed by atoms with Gasteiger partial charge in [0.2, 0.25) is 27.7 Å². The Balaban J connectivity index is 1.25. The van der Waals surface area contributed by atoms with Crippen molar-refractivity contribution in [1.82, 2.24) is 19.9 Å². The van der Waals surface area contributed by atoms with Crippen molar-refractivity contribution in [2.24, 2.45) is 23.2 Å². The molecule has 6 atom stereocenters. The Hall–Kier alpha value is -4.20. The summed E-state index contributed by atoms with van der Waals surface area (Å²) in [6.45, 7) is 10.2. The van der Waals surface area contributed by atoms with Gasteiger partial charge in [-0.05, 0) is 84.9 Å². The topological polar surface area (TPSA) is 170 Å². The van der Waals surface area contributed by atoms with Gasteiger partial charge in [0.15, 0.2) is 0 Å². The van der Waals surface area contributed by atoms with Crippen LogP contribution in [0, 0.1) is 23.2 Å². The van der Waals surface area contributed by atoms with Gasteiger partial charge in [-0.2, -0.15) is 0 Å². The van der Waals surface area contributed by atoms with Crippen LogP contribution in [0.5, 0.6) is 11.6 Å². The van der Waals surface area contributed by atoms with E-state index in [1.807, 2.05) is 18.2 Å². The number of amides is 3. The highest BCUT2D eigenvalue weighted by atomic mass is 32.2. The van der Waals surface area contributed by atoms with Gasteiger partial charge in [0, 0.05) is 23.9 Å². The van der Waals surface area contributed by atoms with Gasteiger partial charge in [-0.15, -0.1) is 6.58 Å². The molecule has 3 saturated carbocycles. The van der Waals surface area contributed by atoms with Crippen LogP contribution in [0.25, 0.3) is 10.8 Å². The minimum Gasteiger partial charge on any atom is -0.496 e. The summed E-state index contributed by atoms with van der Waals surface area (Å²) in [5.74, 6) is -2.42. The van der Waals surface area contributed by atoms with E-state index in [0.29, 0.717) is 30.9 Å². The predicted octanol–water partition coefficient (Wildman–Crippen LogP) is 4.92. The quantitative estimate of drug-likeness (QED) is 0.277. The summed E-state index contributed by atoms with van der Waals surface area (Å²) in [6.07, 6.45) is 8.77. The number of rotatable bonds is 8. The number of esters is 1. The fourth-order valence-electron chi connectivity index (χ4n) is 9.12. The molecule has 2 N–H and O–H groups in total. The van der Waals surface area contributed by atoms with Crippen molar-refractivity contribution in [2.75, 3.05) is 20.3 Å². The van der Waals surface area contributed by atoms with Crippen molar-refractivity contribution >= 4 is 44.5 Å². The van der Waals surface area contributed by atoms with Crippen LogP contribution in [0.2, 0.25) is 0 Å². The Morgan fingerprint density at radius 2 is 1.84 bits per heavy atom. The van der Waals surface area contributed by atoms with E-state index < -0.39 is 68.0 Å². The maximum atomic E-state index is 14.9. The fourth-order valence-corrected chi connectivity index (χ4v) is 10.5. The van der Waals surface area contributed by atoms with Crippen LogP contribution in [0.3, 0.4) is 0 Å². The number of nitrogens with zero attached hydrogens (tertiary/aromatic N) is 2. The number of carbonyl (C=O) groups is 4. The smallest absolute Gasteiger partial charge is 0.306 e. The molecule has 7 rings (SSSR count). The van der Waals surface area contributed by atoms with Crippen molar-refractivity contribution in [3.05, 3.63) is 42.6 Å². The average Bonchev–Trinajstić information content (AvgIpc) is 4.09. The van der Waals surface area contributed by atoms with Crippen LogP contribution in [0.15, 0.2) is 37.1 Å². The minimum absolute atomic E-state index is 0.00834.